The first-order valence-electron chi connectivity index (χ1n) is 8.38. The normalized spacial score (nSPS) is 21.4. The maximum Gasteiger partial charge on any atom is 0.387 e. The Morgan fingerprint density at radius 2 is 1.93 bits per heavy atom. The Balaban J connectivity index is 1.61. The first kappa shape index (κ1) is 18.0. The molecule has 1 fully saturated rings. The van der Waals surface area contributed by atoms with Gasteiger partial charge in [-0.15, -0.1) is 0 Å². The summed E-state index contributed by atoms with van der Waals surface area (Å²) in [5.74, 6) is 0.532. The minimum absolute atomic E-state index is 0.0675. The molecule has 0 saturated carbocycles. The minimum Gasteiger partial charge on any atom is -0.453 e. The van der Waals surface area contributed by atoms with E-state index in [0.717, 1.165) is 6.42 Å². The summed E-state index contributed by atoms with van der Waals surface area (Å²) in [4.78, 5) is 5.59. The van der Waals surface area contributed by atoms with Crippen molar-refractivity contribution >= 4 is 17.3 Å². The van der Waals surface area contributed by atoms with Crippen LogP contribution in [0.15, 0.2) is 47.6 Å². The van der Waals surface area contributed by atoms with Gasteiger partial charge < -0.3 is 19.0 Å². The molecule has 8 heteroatoms. The lowest BCUT2D eigenvalue weighted by atomic mass is 9.93. The zero-order valence-electron chi connectivity index (χ0n) is 14.2. The number of halogens is 3. The van der Waals surface area contributed by atoms with Crippen LogP contribution in [0.3, 0.4) is 0 Å². The van der Waals surface area contributed by atoms with E-state index >= 15 is 0 Å². The third-order valence-electron chi connectivity index (χ3n) is 4.44. The molecule has 1 unspecified atom stereocenters. The first-order chi connectivity index (χ1) is 13.0. The van der Waals surface area contributed by atoms with E-state index in [9.17, 15) is 8.78 Å². The van der Waals surface area contributed by atoms with E-state index < -0.39 is 12.2 Å². The van der Waals surface area contributed by atoms with Crippen LogP contribution in [0.4, 0.5) is 8.78 Å². The third kappa shape index (κ3) is 3.99. The summed E-state index contributed by atoms with van der Waals surface area (Å²) in [6, 6.07) is 11.3. The Morgan fingerprint density at radius 3 is 2.63 bits per heavy atom. The number of alkyl halides is 2. The van der Waals surface area contributed by atoms with Crippen molar-refractivity contribution in [3.63, 3.8) is 0 Å². The minimum atomic E-state index is -2.96. The van der Waals surface area contributed by atoms with Crippen LogP contribution in [0.25, 0.3) is 0 Å². The lowest BCUT2D eigenvalue weighted by molar-refractivity contribution is -0.0510. The van der Waals surface area contributed by atoms with Gasteiger partial charge in [0.25, 0.3) is 0 Å². The van der Waals surface area contributed by atoms with Gasteiger partial charge in [0.2, 0.25) is 0 Å². The Labute approximate surface area is 159 Å². The molecule has 4 rings (SSSR count). The quantitative estimate of drug-likeness (QED) is 0.713. The fraction of sp³-hybridized carbons (Fsp3) is 0.316. The maximum absolute atomic E-state index is 12.7. The molecule has 1 spiro atoms. The van der Waals surface area contributed by atoms with E-state index in [4.69, 9.17) is 25.9 Å². The Hall–Kier alpha value is -2.38. The average molecular weight is 396 g/mol. The van der Waals surface area contributed by atoms with Gasteiger partial charge in [0.1, 0.15) is 5.75 Å². The number of hydrogen-bond acceptors (Lipinski definition) is 5. The highest BCUT2D eigenvalue weighted by Gasteiger charge is 2.43. The summed E-state index contributed by atoms with van der Waals surface area (Å²) >= 11 is 5.87. The Kier molecular flexibility index (Phi) is 4.88. The van der Waals surface area contributed by atoms with Crippen molar-refractivity contribution in [3.8, 4) is 17.2 Å². The van der Waals surface area contributed by atoms with Crippen molar-refractivity contribution in [2.24, 2.45) is 5.16 Å². The molecular formula is C19H16ClF2NO4. The SMILES string of the molecule is FC(F)Oc1ccc(C2=NOC3(CCOC3)C2)cc1Oc1ccc(Cl)cc1. The molecule has 2 aliphatic rings. The van der Waals surface area contributed by atoms with Gasteiger partial charge in [-0.1, -0.05) is 16.8 Å². The van der Waals surface area contributed by atoms with Gasteiger partial charge in [0, 0.05) is 23.4 Å². The van der Waals surface area contributed by atoms with Crippen LogP contribution in [0, 0.1) is 0 Å². The molecule has 0 bridgehead atoms. The molecule has 0 amide bonds. The van der Waals surface area contributed by atoms with Gasteiger partial charge in [0.15, 0.2) is 17.1 Å². The standard InChI is InChI=1S/C19H16ClF2NO4/c20-13-2-4-14(5-3-13)25-17-9-12(1-6-16(17)26-18(21)22)15-10-19(27-23-15)7-8-24-11-19/h1-6,9,18H,7-8,10-11H2. The van der Waals surface area contributed by atoms with Gasteiger partial charge >= 0.3 is 6.61 Å². The van der Waals surface area contributed by atoms with E-state index in [1.54, 1.807) is 36.4 Å². The van der Waals surface area contributed by atoms with Crippen molar-refractivity contribution in [2.45, 2.75) is 25.1 Å². The van der Waals surface area contributed by atoms with Crippen LogP contribution in [-0.2, 0) is 9.57 Å². The number of ether oxygens (including phenoxy) is 3. The molecule has 2 aromatic rings. The number of benzene rings is 2. The molecule has 5 nitrogen and oxygen atoms in total. The van der Waals surface area contributed by atoms with E-state index in [1.165, 1.54) is 6.07 Å². The van der Waals surface area contributed by atoms with Gasteiger partial charge in [-0.2, -0.15) is 8.78 Å². The van der Waals surface area contributed by atoms with Crippen molar-refractivity contribution in [1.29, 1.82) is 0 Å². The number of nitrogens with zero attached hydrogens (tertiary/aromatic N) is 1. The molecule has 1 saturated heterocycles. The second-order valence-corrected chi connectivity index (χ2v) is 6.82. The monoisotopic (exact) mass is 395 g/mol. The summed E-state index contributed by atoms with van der Waals surface area (Å²) in [5, 5.41) is 4.71. The topological polar surface area (TPSA) is 49.3 Å². The van der Waals surface area contributed by atoms with E-state index in [1.807, 2.05) is 0 Å². The van der Waals surface area contributed by atoms with E-state index in [0.29, 0.717) is 41.7 Å². The number of oxime groups is 1. The predicted molar refractivity (Wildman–Crippen MR) is 95.0 cm³/mol. The van der Waals surface area contributed by atoms with Crippen LogP contribution in [-0.4, -0.2) is 31.1 Å². The van der Waals surface area contributed by atoms with Gasteiger partial charge in [-0.25, -0.2) is 0 Å². The van der Waals surface area contributed by atoms with Crippen molar-refractivity contribution in [2.75, 3.05) is 13.2 Å². The van der Waals surface area contributed by atoms with Crippen LogP contribution in [0.1, 0.15) is 18.4 Å². The highest BCUT2D eigenvalue weighted by atomic mass is 35.5. The predicted octanol–water partition coefficient (Wildman–Crippen LogP) is 5.02. The van der Waals surface area contributed by atoms with Crippen LogP contribution in [0.5, 0.6) is 17.2 Å². The zero-order valence-corrected chi connectivity index (χ0v) is 14.9. The molecule has 0 N–H and O–H groups in total. The molecule has 2 aliphatic heterocycles. The molecule has 0 radical (unpaired) electrons. The van der Waals surface area contributed by atoms with Crippen LogP contribution in [0.2, 0.25) is 5.02 Å². The van der Waals surface area contributed by atoms with Crippen molar-refractivity contribution in [3.05, 3.63) is 53.1 Å². The summed E-state index contributed by atoms with van der Waals surface area (Å²) < 4.78 is 41.2. The Morgan fingerprint density at radius 1 is 1.11 bits per heavy atom. The molecule has 2 aromatic carbocycles. The second kappa shape index (κ2) is 7.32. The van der Waals surface area contributed by atoms with Gasteiger partial charge in [0.05, 0.1) is 18.9 Å². The molecule has 0 aromatic heterocycles. The summed E-state index contributed by atoms with van der Waals surface area (Å²) in [6.07, 6.45) is 1.35. The average Bonchev–Trinajstić information content (AvgIpc) is 3.28. The Bertz CT molecular complexity index is 851. The number of rotatable bonds is 5. The maximum atomic E-state index is 12.7. The summed E-state index contributed by atoms with van der Waals surface area (Å²) in [6.45, 7) is -1.84. The molecule has 2 heterocycles. The highest BCUT2D eigenvalue weighted by molar-refractivity contribution is 6.30. The van der Waals surface area contributed by atoms with E-state index in [-0.39, 0.29) is 11.5 Å². The van der Waals surface area contributed by atoms with Gasteiger partial charge in [-0.3, -0.25) is 0 Å². The largest absolute Gasteiger partial charge is 0.453 e. The number of hydrogen-bond donors (Lipinski definition) is 0. The molecule has 27 heavy (non-hydrogen) atoms. The second-order valence-electron chi connectivity index (χ2n) is 6.39. The molecule has 142 valence electrons. The molecular weight excluding hydrogens is 380 g/mol. The molecule has 0 aliphatic carbocycles. The fourth-order valence-electron chi connectivity index (χ4n) is 3.07. The lowest BCUT2D eigenvalue weighted by Gasteiger charge is -2.17. The highest BCUT2D eigenvalue weighted by Crippen LogP contribution is 2.38. The first-order valence-corrected chi connectivity index (χ1v) is 8.76. The van der Waals surface area contributed by atoms with Crippen LogP contribution < -0.4 is 9.47 Å². The van der Waals surface area contributed by atoms with E-state index in [2.05, 4.69) is 9.89 Å². The fourth-order valence-corrected chi connectivity index (χ4v) is 3.19. The zero-order chi connectivity index (χ0) is 18.9. The third-order valence-corrected chi connectivity index (χ3v) is 4.69. The summed E-state index contributed by atoms with van der Waals surface area (Å²) in [5.41, 5.74) is 0.999. The van der Waals surface area contributed by atoms with Crippen molar-refractivity contribution < 1.29 is 27.8 Å². The van der Waals surface area contributed by atoms with Gasteiger partial charge in [-0.05, 0) is 42.5 Å². The smallest absolute Gasteiger partial charge is 0.387 e. The lowest BCUT2D eigenvalue weighted by Crippen LogP contribution is -2.29. The summed E-state index contributed by atoms with van der Waals surface area (Å²) in [7, 11) is 0. The van der Waals surface area contributed by atoms with Crippen LogP contribution >= 0.6 is 11.6 Å². The molecule has 1 atom stereocenters. The van der Waals surface area contributed by atoms with Crippen molar-refractivity contribution in [1.82, 2.24) is 0 Å².